The molecule has 0 spiro atoms. The fourth-order valence-electron chi connectivity index (χ4n) is 3.04. The first-order chi connectivity index (χ1) is 10.4. The molecule has 21 heavy (non-hydrogen) atoms. The predicted octanol–water partition coefficient (Wildman–Crippen LogP) is 2.75. The zero-order valence-corrected chi connectivity index (χ0v) is 12.7. The van der Waals surface area contributed by atoms with E-state index in [1.807, 2.05) is 12.1 Å². The highest BCUT2D eigenvalue weighted by Crippen LogP contribution is 2.20. The highest BCUT2D eigenvalue weighted by molar-refractivity contribution is 5.49. The molecule has 4 nitrogen and oxygen atoms in total. The van der Waals surface area contributed by atoms with Gasteiger partial charge in [-0.15, -0.1) is 0 Å². The second-order valence-corrected chi connectivity index (χ2v) is 5.98. The summed E-state index contributed by atoms with van der Waals surface area (Å²) in [6, 6.07) is 8.71. The van der Waals surface area contributed by atoms with Crippen LogP contribution in [0.3, 0.4) is 0 Å². The van der Waals surface area contributed by atoms with Gasteiger partial charge in [0.1, 0.15) is 12.4 Å². The monoisotopic (exact) mass is 290 g/mol. The molecule has 116 valence electrons. The van der Waals surface area contributed by atoms with Gasteiger partial charge in [-0.2, -0.15) is 0 Å². The summed E-state index contributed by atoms with van der Waals surface area (Å²) in [5.74, 6) is 0.955. The number of nitrogens with one attached hydrogen (secondary N) is 1. The number of piperidine rings is 1. The van der Waals surface area contributed by atoms with Crippen LogP contribution in [0.2, 0.25) is 0 Å². The van der Waals surface area contributed by atoms with Crippen LogP contribution in [-0.2, 0) is 4.74 Å². The Kier molecular flexibility index (Phi) is 5.35. The number of hydrogen-bond donors (Lipinski definition) is 1. The Labute approximate surface area is 127 Å². The van der Waals surface area contributed by atoms with Crippen molar-refractivity contribution < 1.29 is 9.47 Å². The molecular formula is C17H26N2O2. The lowest BCUT2D eigenvalue weighted by atomic mass is 10.1. The van der Waals surface area contributed by atoms with E-state index >= 15 is 0 Å². The topological polar surface area (TPSA) is 33.7 Å². The molecule has 2 fully saturated rings. The maximum Gasteiger partial charge on any atom is 0.121 e. The van der Waals surface area contributed by atoms with E-state index in [9.17, 15) is 0 Å². The van der Waals surface area contributed by atoms with E-state index in [1.165, 1.54) is 32.4 Å². The van der Waals surface area contributed by atoms with Gasteiger partial charge in [0, 0.05) is 24.9 Å². The second kappa shape index (κ2) is 7.66. The molecule has 1 atom stereocenters. The lowest BCUT2D eigenvalue weighted by molar-refractivity contribution is 0.183. The van der Waals surface area contributed by atoms with Crippen molar-refractivity contribution in [3.05, 3.63) is 24.3 Å². The van der Waals surface area contributed by atoms with Crippen LogP contribution in [0.1, 0.15) is 25.7 Å². The number of benzene rings is 1. The zero-order chi connectivity index (χ0) is 14.3. The number of anilines is 1. The Balaban J connectivity index is 1.44. The van der Waals surface area contributed by atoms with Crippen LogP contribution in [0.5, 0.6) is 5.75 Å². The Morgan fingerprint density at radius 1 is 1.24 bits per heavy atom. The number of rotatable bonds is 6. The predicted molar refractivity (Wildman–Crippen MR) is 85.1 cm³/mol. The van der Waals surface area contributed by atoms with Gasteiger partial charge in [0.05, 0.1) is 12.6 Å². The minimum Gasteiger partial charge on any atom is -0.492 e. The smallest absolute Gasteiger partial charge is 0.121 e. The fourth-order valence-corrected chi connectivity index (χ4v) is 3.04. The van der Waals surface area contributed by atoms with Crippen LogP contribution in [0.25, 0.3) is 0 Å². The molecule has 1 aromatic rings. The average molecular weight is 290 g/mol. The minimum atomic E-state index is 0.439. The lowest BCUT2D eigenvalue weighted by Crippen LogP contribution is -2.33. The number of hydrogen-bond acceptors (Lipinski definition) is 4. The molecule has 1 N–H and O–H groups in total. The molecule has 0 radical (unpaired) electrons. The van der Waals surface area contributed by atoms with Gasteiger partial charge in [-0.3, -0.25) is 4.90 Å². The Morgan fingerprint density at radius 3 is 2.95 bits per heavy atom. The molecule has 0 unspecified atom stereocenters. The van der Waals surface area contributed by atoms with Crippen LogP contribution in [-0.4, -0.2) is 50.4 Å². The summed E-state index contributed by atoms with van der Waals surface area (Å²) in [6.45, 7) is 5.94. The van der Waals surface area contributed by atoms with Crippen molar-refractivity contribution in [2.45, 2.75) is 31.7 Å². The van der Waals surface area contributed by atoms with E-state index in [1.54, 1.807) is 0 Å². The summed E-state index contributed by atoms with van der Waals surface area (Å²) >= 11 is 0. The van der Waals surface area contributed by atoms with E-state index in [0.717, 1.165) is 44.2 Å². The molecule has 2 saturated heterocycles. The standard InChI is InChI=1S/C17H26N2O2/c1-2-8-19(9-3-1)10-12-21-17-6-4-5-15(13-17)18-16-7-11-20-14-16/h4-6,13,16,18H,1-3,7-12,14H2/t16-/m1/s1. The van der Waals surface area contributed by atoms with Gasteiger partial charge in [0.2, 0.25) is 0 Å². The van der Waals surface area contributed by atoms with E-state index in [-0.39, 0.29) is 0 Å². The first kappa shape index (κ1) is 14.7. The van der Waals surface area contributed by atoms with Crippen molar-refractivity contribution in [1.29, 1.82) is 0 Å². The second-order valence-electron chi connectivity index (χ2n) is 5.98. The molecule has 0 aromatic heterocycles. The molecular weight excluding hydrogens is 264 g/mol. The van der Waals surface area contributed by atoms with Crippen LogP contribution in [0.4, 0.5) is 5.69 Å². The zero-order valence-electron chi connectivity index (χ0n) is 12.7. The Bertz CT molecular complexity index is 427. The highest BCUT2D eigenvalue weighted by Gasteiger charge is 2.15. The quantitative estimate of drug-likeness (QED) is 0.873. The molecule has 0 aliphatic carbocycles. The van der Waals surface area contributed by atoms with Gasteiger partial charge in [-0.1, -0.05) is 12.5 Å². The Morgan fingerprint density at radius 2 is 2.14 bits per heavy atom. The summed E-state index contributed by atoms with van der Waals surface area (Å²) < 4.78 is 11.3. The van der Waals surface area contributed by atoms with E-state index in [2.05, 4.69) is 22.3 Å². The summed E-state index contributed by atoms with van der Waals surface area (Å²) in [5, 5.41) is 3.51. The third kappa shape index (κ3) is 4.61. The molecule has 1 aromatic carbocycles. The third-order valence-corrected chi connectivity index (χ3v) is 4.26. The van der Waals surface area contributed by atoms with Crippen molar-refractivity contribution in [1.82, 2.24) is 4.90 Å². The van der Waals surface area contributed by atoms with Gasteiger partial charge in [0.25, 0.3) is 0 Å². The van der Waals surface area contributed by atoms with E-state index < -0.39 is 0 Å². The highest BCUT2D eigenvalue weighted by atomic mass is 16.5. The van der Waals surface area contributed by atoms with Crippen molar-refractivity contribution >= 4 is 5.69 Å². The summed E-state index contributed by atoms with van der Waals surface area (Å²) in [4.78, 5) is 2.50. The van der Waals surface area contributed by atoms with Gasteiger partial charge in [0.15, 0.2) is 0 Å². The SMILES string of the molecule is c1cc(N[C@@H]2CCOC2)cc(OCCN2CCCCC2)c1. The van der Waals surface area contributed by atoms with Gasteiger partial charge < -0.3 is 14.8 Å². The fraction of sp³-hybridized carbons (Fsp3) is 0.647. The van der Waals surface area contributed by atoms with Gasteiger partial charge in [-0.25, -0.2) is 0 Å². The molecule has 3 rings (SSSR count). The van der Waals surface area contributed by atoms with Crippen molar-refractivity contribution in [2.75, 3.05) is 44.8 Å². The van der Waals surface area contributed by atoms with Crippen molar-refractivity contribution in [3.63, 3.8) is 0 Å². The molecule has 4 heteroatoms. The van der Waals surface area contributed by atoms with E-state index in [4.69, 9.17) is 9.47 Å². The molecule has 2 aliphatic rings. The third-order valence-electron chi connectivity index (χ3n) is 4.26. The number of likely N-dealkylation sites (tertiary alicyclic amines) is 1. The first-order valence-electron chi connectivity index (χ1n) is 8.20. The average Bonchev–Trinajstić information content (AvgIpc) is 3.02. The minimum absolute atomic E-state index is 0.439. The summed E-state index contributed by atoms with van der Waals surface area (Å²) in [7, 11) is 0. The number of ether oxygens (including phenoxy) is 2. The van der Waals surface area contributed by atoms with Crippen molar-refractivity contribution in [2.24, 2.45) is 0 Å². The van der Waals surface area contributed by atoms with Crippen molar-refractivity contribution in [3.8, 4) is 5.75 Å². The van der Waals surface area contributed by atoms with Crippen LogP contribution < -0.4 is 10.1 Å². The summed E-state index contributed by atoms with van der Waals surface area (Å²) in [5.41, 5.74) is 1.13. The lowest BCUT2D eigenvalue weighted by Gasteiger charge is -2.26. The van der Waals surface area contributed by atoms with Crippen LogP contribution in [0, 0.1) is 0 Å². The van der Waals surface area contributed by atoms with Crippen LogP contribution in [0.15, 0.2) is 24.3 Å². The van der Waals surface area contributed by atoms with E-state index in [0.29, 0.717) is 6.04 Å². The molecule has 0 bridgehead atoms. The van der Waals surface area contributed by atoms with Crippen LogP contribution >= 0.6 is 0 Å². The van der Waals surface area contributed by atoms with Gasteiger partial charge >= 0.3 is 0 Å². The van der Waals surface area contributed by atoms with Gasteiger partial charge in [-0.05, 0) is 44.5 Å². The maximum atomic E-state index is 5.90. The molecule has 0 amide bonds. The Hall–Kier alpha value is -1.26. The largest absolute Gasteiger partial charge is 0.492 e. The maximum absolute atomic E-state index is 5.90. The molecule has 2 aliphatic heterocycles. The normalized spacial score (nSPS) is 23.1. The molecule has 0 saturated carbocycles. The molecule has 2 heterocycles. The summed E-state index contributed by atoms with van der Waals surface area (Å²) in [6.07, 6.45) is 5.14. The first-order valence-corrected chi connectivity index (χ1v) is 8.20. The number of nitrogens with zero attached hydrogens (tertiary/aromatic N) is 1.